The first-order chi connectivity index (χ1) is 23.9. The molecule has 0 rings (SSSR count). The largest absolute Gasteiger partial charge is 0.481 e. The number of rotatable bonds is 32. The highest BCUT2D eigenvalue weighted by molar-refractivity contribution is 5.76. The number of carbonyl (C=O) groups is 3. The molecule has 0 unspecified atom stereocenters. The molecule has 0 aliphatic heterocycles. The van der Waals surface area contributed by atoms with Gasteiger partial charge in [-0.1, -0.05) is 125 Å². The second kappa shape index (κ2) is 42.8. The molecule has 0 fully saturated rings. The fourth-order valence-corrected chi connectivity index (χ4v) is 4.69. The van der Waals surface area contributed by atoms with Gasteiger partial charge in [0.15, 0.2) is 0 Å². The molecule has 0 aromatic carbocycles. The first-order valence-corrected chi connectivity index (χ1v) is 19.3. The first kappa shape index (κ1) is 47.9. The van der Waals surface area contributed by atoms with Crippen molar-refractivity contribution in [3.8, 4) is 0 Å². The van der Waals surface area contributed by atoms with Gasteiger partial charge in [0.1, 0.15) is 0 Å². The van der Waals surface area contributed by atoms with Gasteiger partial charge in [-0.2, -0.15) is 0 Å². The van der Waals surface area contributed by atoms with E-state index >= 15 is 0 Å². The number of carboxylic acids is 1. The molecule has 7 heteroatoms. The van der Waals surface area contributed by atoms with Crippen LogP contribution in [0.2, 0.25) is 0 Å². The van der Waals surface area contributed by atoms with Crippen LogP contribution in [0.5, 0.6) is 0 Å². The van der Waals surface area contributed by atoms with E-state index in [1.165, 1.54) is 38.5 Å². The van der Waals surface area contributed by atoms with Crippen LogP contribution >= 0.6 is 0 Å². The third-order valence-corrected chi connectivity index (χ3v) is 7.36. The molecular weight excluding hydrogens is 610 g/mol. The van der Waals surface area contributed by atoms with Gasteiger partial charge < -0.3 is 21.1 Å². The van der Waals surface area contributed by atoms with E-state index in [9.17, 15) is 9.59 Å². The summed E-state index contributed by atoms with van der Waals surface area (Å²) in [7, 11) is 0. The van der Waals surface area contributed by atoms with Crippen molar-refractivity contribution >= 4 is 17.8 Å². The van der Waals surface area contributed by atoms with E-state index in [-0.39, 0.29) is 11.8 Å². The fraction of sp³-hybridized carbons (Fsp3) is 0.643. The highest BCUT2D eigenvalue weighted by Crippen LogP contribution is 2.09. The number of nitrogens with one attached hydrogen (secondary N) is 3. The van der Waals surface area contributed by atoms with Gasteiger partial charge in [-0.05, 0) is 77.0 Å². The number of carbonyl (C=O) groups excluding carboxylic acids is 2. The molecule has 0 aliphatic rings. The van der Waals surface area contributed by atoms with E-state index in [0.29, 0.717) is 25.9 Å². The van der Waals surface area contributed by atoms with Crippen molar-refractivity contribution < 1.29 is 19.5 Å². The van der Waals surface area contributed by atoms with Crippen molar-refractivity contribution in [1.82, 2.24) is 16.0 Å². The van der Waals surface area contributed by atoms with Crippen LogP contribution < -0.4 is 16.0 Å². The first-order valence-electron chi connectivity index (χ1n) is 19.3. The molecule has 280 valence electrons. The summed E-state index contributed by atoms with van der Waals surface area (Å²) in [6.07, 6.45) is 48.2. The molecule has 0 atom stereocenters. The van der Waals surface area contributed by atoms with Crippen LogP contribution in [-0.2, 0) is 14.4 Å². The Morgan fingerprint density at radius 3 is 1.12 bits per heavy atom. The Bertz CT molecular complexity index is 862. The Labute approximate surface area is 300 Å². The topological polar surface area (TPSA) is 108 Å². The number of aliphatic carboxylic acids is 1. The lowest BCUT2D eigenvalue weighted by molar-refractivity contribution is -0.134. The van der Waals surface area contributed by atoms with Crippen LogP contribution in [0.15, 0.2) is 72.9 Å². The van der Waals surface area contributed by atoms with Gasteiger partial charge >= 0.3 is 0 Å². The zero-order chi connectivity index (χ0) is 36.3. The van der Waals surface area contributed by atoms with E-state index in [0.717, 1.165) is 97.1 Å². The summed E-state index contributed by atoms with van der Waals surface area (Å²) in [5.74, 6) is -0.552. The van der Waals surface area contributed by atoms with Crippen molar-refractivity contribution in [3.63, 3.8) is 0 Å². The normalized spacial score (nSPS) is 11.8. The number of hydrogen-bond acceptors (Lipinski definition) is 4. The van der Waals surface area contributed by atoms with E-state index < -0.39 is 5.97 Å². The lowest BCUT2D eigenvalue weighted by Gasteiger charge is -2.08. The molecule has 0 aliphatic carbocycles. The van der Waals surface area contributed by atoms with Crippen LogP contribution in [-0.4, -0.2) is 49.1 Å². The van der Waals surface area contributed by atoms with E-state index in [2.05, 4.69) is 103 Å². The van der Waals surface area contributed by atoms with Crippen LogP contribution in [0.1, 0.15) is 149 Å². The van der Waals surface area contributed by atoms with Crippen molar-refractivity contribution in [3.05, 3.63) is 72.9 Å². The number of carboxylic acid groups (broad SMARTS) is 1. The molecule has 0 spiro atoms. The summed E-state index contributed by atoms with van der Waals surface area (Å²) in [5.41, 5.74) is 0. The molecule has 7 nitrogen and oxygen atoms in total. The monoisotopic (exact) mass is 684 g/mol. The van der Waals surface area contributed by atoms with Crippen LogP contribution in [0.25, 0.3) is 0 Å². The summed E-state index contributed by atoms with van der Waals surface area (Å²) in [4.78, 5) is 33.0. The minimum Gasteiger partial charge on any atom is -0.481 e. The zero-order valence-corrected chi connectivity index (χ0v) is 31.6. The summed E-state index contributed by atoms with van der Waals surface area (Å²) >= 11 is 0. The van der Waals surface area contributed by atoms with Crippen LogP contribution in [0.4, 0.5) is 0 Å². The minimum absolute atomic E-state index is 0.140. The maximum absolute atomic E-state index is 12.0. The second-order valence-corrected chi connectivity index (χ2v) is 12.2. The average Bonchev–Trinajstić information content (AvgIpc) is 3.07. The predicted molar refractivity (Wildman–Crippen MR) is 211 cm³/mol. The summed E-state index contributed by atoms with van der Waals surface area (Å²) < 4.78 is 0. The average molecular weight is 684 g/mol. The van der Waals surface area contributed by atoms with Crippen LogP contribution in [0.3, 0.4) is 0 Å². The Kier molecular flexibility index (Phi) is 41.9. The summed E-state index contributed by atoms with van der Waals surface area (Å²) in [5, 5.41) is 16.7. The molecular formula is C42H73N3O4. The standard InChI is InChI=1S/C40H69N3O2.C2H4O2/c1-3-5-7-9-11-13-15-17-19-21-23-25-27-29-31-33-39(44)42-37-35-41-36-38-43-40(45)34-32-30-28-26-24-22-20-18-16-14-12-10-8-6-4-2;1-2(3)4/h5-8,11-14,17-20,41H,3-4,9-10,15-16,21-38H2,1-2H3,(H,42,44)(H,43,45);1H3,(H,3,4)/b7-5+,8-6+,13-11+,14-12+,19-17+,20-18+;. The third-order valence-electron chi connectivity index (χ3n) is 7.36. The maximum atomic E-state index is 12.0. The quantitative estimate of drug-likeness (QED) is 0.0417. The van der Waals surface area contributed by atoms with Gasteiger partial charge in [0, 0.05) is 45.9 Å². The highest BCUT2D eigenvalue weighted by Gasteiger charge is 2.02. The van der Waals surface area contributed by atoms with Crippen molar-refractivity contribution in [2.24, 2.45) is 0 Å². The Hall–Kier alpha value is -3.19. The number of hydrogen-bond donors (Lipinski definition) is 4. The minimum atomic E-state index is -0.833. The molecule has 0 bridgehead atoms. The molecule has 0 saturated heterocycles. The molecule has 0 aromatic rings. The van der Waals surface area contributed by atoms with Gasteiger partial charge in [-0.25, -0.2) is 0 Å². The lowest BCUT2D eigenvalue weighted by Crippen LogP contribution is -2.36. The van der Waals surface area contributed by atoms with Crippen molar-refractivity contribution in [2.75, 3.05) is 26.2 Å². The van der Waals surface area contributed by atoms with Crippen molar-refractivity contribution in [2.45, 2.75) is 149 Å². The SMILES string of the molecule is CC(=O)O.CC/C=C/C/C=C/C/C=C/CCCCCCCC(=O)NCCNCCNC(=O)CCCCCCC/C=C/C/C=C/C/C=C/CC. The number of unbranched alkanes of at least 4 members (excludes halogenated alkanes) is 10. The van der Waals surface area contributed by atoms with Crippen molar-refractivity contribution in [1.29, 1.82) is 0 Å². The molecule has 0 aromatic heterocycles. The fourth-order valence-electron chi connectivity index (χ4n) is 4.69. The highest BCUT2D eigenvalue weighted by atomic mass is 16.4. The maximum Gasteiger partial charge on any atom is 0.300 e. The molecule has 0 heterocycles. The molecule has 49 heavy (non-hydrogen) atoms. The van der Waals surface area contributed by atoms with Gasteiger partial charge in [0.05, 0.1) is 0 Å². The van der Waals surface area contributed by atoms with E-state index in [1.807, 2.05) is 0 Å². The van der Waals surface area contributed by atoms with Gasteiger partial charge in [-0.3, -0.25) is 14.4 Å². The predicted octanol–water partition coefficient (Wildman–Crippen LogP) is 10.1. The number of allylic oxidation sites excluding steroid dienone is 12. The summed E-state index contributed by atoms with van der Waals surface area (Å²) in [6.45, 7) is 8.12. The molecule has 0 saturated carbocycles. The smallest absolute Gasteiger partial charge is 0.300 e. The second-order valence-electron chi connectivity index (χ2n) is 12.2. The Morgan fingerprint density at radius 2 is 0.755 bits per heavy atom. The van der Waals surface area contributed by atoms with E-state index in [1.54, 1.807) is 0 Å². The van der Waals surface area contributed by atoms with Crippen LogP contribution in [0, 0.1) is 0 Å². The van der Waals surface area contributed by atoms with E-state index in [4.69, 9.17) is 9.90 Å². The van der Waals surface area contributed by atoms with Gasteiger partial charge in [0.2, 0.25) is 11.8 Å². The molecule has 2 amide bonds. The zero-order valence-electron chi connectivity index (χ0n) is 31.6. The number of amides is 2. The lowest BCUT2D eigenvalue weighted by atomic mass is 10.1. The molecule has 0 radical (unpaired) electrons. The Morgan fingerprint density at radius 1 is 0.449 bits per heavy atom. The summed E-state index contributed by atoms with van der Waals surface area (Å²) in [6, 6.07) is 0. The van der Waals surface area contributed by atoms with Gasteiger partial charge in [-0.15, -0.1) is 0 Å². The Balaban J connectivity index is 0. The third kappa shape index (κ3) is 49.3. The molecule has 4 N–H and O–H groups in total. The van der Waals surface area contributed by atoms with Gasteiger partial charge in [0.25, 0.3) is 5.97 Å².